The van der Waals surface area contributed by atoms with Crippen LogP contribution < -0.4 is 10.6 Å². The van der Waals surface area contributed by atoms with Crippen molar-refractivity contribution in [3.63, 3.8) is 0 Å². The molecule has 1 saturated carbocycles. The van der Waals surface area contributed by atoms with Crippen LogP contribution in [0.15, 0.2) is 35.2 Å². The lowest BCUT2D eigenvalue weighted by molar-refractivity contribution is -0.124. The monoisotopic (exact) mass is 354 g/mol. The van der Waals surface area contributed by atoms with Crippen LogP contribution in [0.4, 0.5) is 0 Å². The Labute approximate surface area is 149 Å². The first-order valence-electron chi connectivity index (χ1n) is 8.45. The highest BCUT2D eigenvalue weighted by atomic mass is 35.5. The summed E-state index contributed by atoms with van der Waals surface area (Å²) in [7, 11) is 0. The predicted octanol–water partition coefficient (Wildman–Crippen LogP) is 3.63. The largest absolute Gasteiger partial charge is 0.352 e. The summed E-state index contributed by atoms with van der Waals surface area (Å²) in [4.78, 5) is 14.2. The smallest absolute Gasteiger partial charge is 0.236 e. The lowest BCUT2D eigenvalue weighted by atomic mass is 9.94. The maximum Gasteiger partial charge on any atom is 0.236 e. The molecule has 5 heteroatoms. The molecule has 1 saturated heterocycles. The topological polar surface area (TPSA) is 41.1 Å². The van der Waals surface area contributed by atoms with Gasteiger partial charge < -0.3 is 10.6 Å². The van der Waals surface area contributed by atoms with E-state index in [0.717, 1.165) is 45.2 Å². The van der Waals surface area contributed by atoms with Crippen molar-refractivity contribution < 1.29 is 4.79 Å². The molecule has 2 atom stereocenters. The number of rotatable bonds is 4. The molecule has 23 heavy (non-hydrogen) atoms. The molecule has 128 valence electrons. The minimum atomic E-state index is -0.258. The zero-order chi connectivity index (χ0) is 15.4. The highest BCUT2D eigenvalue weighted by Gasteiger charge is 2.43. The van der Waals surface area contributed by atoms with E-state index in [-0.39, 0.29) is 23.1 Å². The second kappa shape index (κ2) is 8.41. The number of carbonyl (C=O) groups is 1. The van der Waals surface area contributed by atoms with E-state index in [9.17, 15) is 4.79 Å². The third-order valence-electron chi connectivity index (χ3n) is 4.98. The minimum absolute atomic E-state index is 0. The number of benzene rings is 1. The standard InChI is InChI=1S/C18H26N2OS.ClH/c1-14-13-19-12-9-16(14)20-17(21)18(10-5-6-11-18)22-15-7-3-2-4-8-15;/h2-4,7-8,14,16,19H,5-6,9-13H2,1H3,(H,20,21);1H. The van der Waals surface area contributed by atoms with Gasteiger partial charge in [-0.05, 0) is 50.4 Å². The summed E-state index contributed by atoms with van der Waals surface area (Å²) >= 11 is 1.77. The normalized spacial score (nSPS) is 26.3. The van der Waals surface area contributed by atoms with Gasteiger partial charge in [0.25, 0.3) is 0 Å². The predicted molar refractivity (Wildman–Crippen MR) is 99.3 cm³/mol. The number of piperidine rings is 1. The third-order valence-corrected chi connectivity index (χ3v) is 6.48. The van der Waals surface area contributed by atoms with Gasteiger partial charge in [0.1, 0.15) is 0 Å². The van der Waals surface area contributed by atoms with Gasteiger partial charge in [0.2, 0.25) is 5.91 Å². The van der Waals surface area contributed by atoms with Crippen LogP contribution >= 0.6 is 24.2 Å². The Morgan fingerprint density at radius 3 is 2.61 bits per heavy atom. The molecule has 2 N–H and O–H groups in total. The maximum absolute atomic E-state index is 13.0. The quantitative estimate of drug-likeness (QED) is 0.867. The Balaban J connectivity index is 0.00000192. The average Bonchev–Trinajstić information content (AvgIpc) is 3.00. The molecule has 2 aliphatic rings. The Morgan fingerprint density at radius 1 is 1.26 bits per heavy atom. The third kappa shape index (κ3) is 4.43. The molecule has 2 fully saturated rings. The van der Waals surface area contributed by atoms with E-state index in [1.165, 1.54) is 4.90 Å². The molecule has 1 aromatic rings. The van der Waals surface area contributed by atoms with Crippen molar-refractivity contribution >= 4 is 30.1 Å². The van der Waals surface area contributed by atoms with Gasteiger partial charge in [-0.15, -0.1) is 24.2 Å². The molecule has 2 unspecified atom stereocenters. The minimum Gasteiger partial charge on any atom is -0.352 e. The van der Waals surface area contributed by atoms with Crippen molar-refractivity contribution in [3.05, 3.63) is 30.3 Å². The van der Waals surface area contributed by atoms with Crippen molar-refractivity contribution in [1.82, 2.24) is 10.6 Å². The number of amides is 1. The van der Waals surface area contributed by atoms with Crippen molar-refractivity contribution in [1.29, 1.82) is 0 Å². The van der Waals surface area contributed by atoms with E-state index in [1.54, 1.807) is 11.8 Å². The average molecular weight is 355 g/mol. The number of carbonyl (C=O) groups excluding carboxylic acids is 1. The van der Waals surface area contributed by atoms with Crippen molar-refractivity contribution in [2.45, 2.75) is 54.7 Å². The molecular formula is C18H27ClN2OS. The van der Waals surface area contributed by atoms with E-state index in [2.05, 4.69) is 41.8 Å². The summed E-state index contributed by atoms with van der Waals surface area (Å²) in [6.07, 6.45) is 5.36. The van der Waals surface area contributed by atoms with Crippen LogP contribution in [0.1, 0.15) is 39.0 Å². The van der Waals surface area contributed by atoms with Gasteiger partial charge in [0, 0.05) is 10.9 Å². The van der Waals surface area contributed by atoms with Gasteiger partial charge in [-0.3, -0.25) is 4.79 Å². The fourth-order valence-corrected chi connectivity index (χ4v) is 4.95. The van der Waals surface area contributed by atoms with E-state index < -0.39 is 0 Å². The van der Waals surface area contributed by atoms with Gasteiger partial charge in [0.05, 0.1) is 4.75 Å². The molecule has 1 amide bonds. The van der Waals surface area contributed by atoms with Gasteiger partial charge >= 0.3 is 0 Å². The number of hydrogen-bond donors (Lipinski definition) is 2. The molecule has 3 rings (SSSR count). The summed E-state index contributed by atoms with van der Waals surface area (Å²) in [5.41, 5.74) is 0. The number of thioether (sulfide) groups is 1. The molecule has 1 aliphatic carbocycles. The molecule has 1 aliphatic heterocycles. The molecule has 0 bridgehead atoms. The zero-order valence-electron chi connectivity index (χ0n) is 13.7. The summed E-state index contributed by atoms with van der Waals surface area (Å²) in [5.74, 6) is 0.774. The zero-order valence-corrected chi connectivity index (χ0v) is 15.3. The summed E-state index contributed by atoms with van der Waals surface area (Å²) in [5, 5.41) is 6.77. The first-order valence-corrected chi connectivity index (χ1v) is 9.27. The van der Waals surface area contributed by atoms with Crippen molar-refractivity contribution in [2.24, 2.45) is 5.92 Å². The second-order valence-corrected chi connectivity index (χ2v) is 8.12. The van der Waals surface area contributed by atoms with Crippen LogP contribution in [0.2, 0.25) is 0 Å². The first-order chi connectivity index (χ1) is 10.7. The lowest BCUT2D eigenvalue weighted by Crippen LogP contribution is -2.53. The molecule has 1 heterocycles. The van der Waals surface area contributed by atoms with E-state index >= 15 is 0 Å². The Hall–Kier alpha value is -0.710. The van der Waals surface area contributed by atoms with Crippen LogP contribution in [0.25, 0.3) is 0 Å². The van der Waals surface area contributed by atoms with E-state index in [0.29, 0.717) is 12.0 Å². The molecule has 0 spiro atoms. The lowest BCUT2D eigenvalue weighted by Gasteiger charge is -2.34. The van der Waals surface area contributed by atoms with Gasteiger partial charge in [-0.25, -0.2) is 0 Å². The summed E-state index contributed by atoms with van der Waals surface area (Å²) in [6, 6.07) is 10.7. The van der Waals surface area contributed by atoms with Crippen LogP contribution in [0.3, 0.4) is 0 Å². The highest BCUT2D eigenvalue weighted by molar-refractivity contribution is 8.01. The van der Waals surface area contributed by atoms with Gasteiger partial charge in [0.15, 0.2) is 0 Å². The van der Waals surface area contributed by atoms with Gasteiger partial charge in [-0.2, -0.15) is 0 Å². The fourth-order valence-electron chi connectivity index (χ4n) is 3.56. The van der Waals surface area contributed by atoms with Gasteiger partial charge in [-0.1, -0.05) is 38.0 Å². The Kier molecular flexibility index (Phi) is 6.81. The highest BCUT2D eigenvalue weighted by Crippen LogP contribution is 2.45. The first kappa shape index (κ1) is 18.6. The van der Waals surface area contributed by atoms with Crippen molar-refractivity contribution in [3.8, 4) is 0 Å². The van der Waals surface area contributed by atoms with Crippen LogP contribution in [-0.4, -0.2) is 29.8 Å². The molecule has 3 nitrogen and oxygen atoms in total. The van der Waals surface area contributed by atoms with E-state index in [4.69, 9.17) is 0 Å². The molecular weight excluding hydrogens is 328 g/mol. The Bertz CT molecular complexity index is 505. The molecule has 0 radical (unpaired) electrons. The summed E-state index contributed by atoms with van der Waals surface area (Å²) in [6.45, 7) is 4.24. The molecule has 0 aromatic heterocycles. The van der Waals surface area contributed by atoms with Crippen LogP contribution in [0, 0.1) is 5.92 Å². The van der Waals surface area contributed by atoms with Crippen LogP contribution in [-0.2, 0) is 4.79 Å². The SMILES string of the molecule is CC1CNCCC1NC(=O)C1(Sc2ccccc2)CCCC1.Cl. The summed E-state index contributed by atoms with van der Waals surface area (Å²) < 4.78 is -0.258. The van der Waals surface area contributed by atoms with Crippen molar-refractivity contribution in [2.75, 3.05) is 13.1 Å². The fraction of sp³-hybridized carbons (Fsp3) is 0.611. The van der Waals surface area contributed by atoms with E-state index in [1.807, 2.05) is 6.07 Å². The van der Waals surface area contributed by atoms with Crippen LogP contribution in [0.5, 0.6) is 0 Å². The molecule has 1 aromatic carbocycles. The second-order valence-electron chi connectivity index (χ2n) is 6.67. The number of hydrogen-bond acceptors (Lipinski definition) is 3. The Morgan fingerprint density at radius 2 is 1.96 bits per heavy atom. The number of halogens is 1. The number of nitrogens with one attached hydrogen (secondary N) is 2. The maximum atomic E-state index is 13.0.